The molecule has 2 N–H and O–H groups in total. The number of esters is 1. The summed E-state index contributed by atoms with van der Waals surface area (Å²) in [5, 5.41) is 21.8. The van der Waals surface area contributed by atoms with Gasteiger partial charge in [0, 0.05) is 19.3 Å². The van der Waals surface area contributed by atoms with Gasteiger partial charge in [-0.15, -0.1) is 0 Å². The number of rotatable bonds is 1. The summed E-state index contributed by atoms with van der Waals surface area (Å²) in [5.74, 6) is 0.456. The highest BCUT2D eigenvalue weighted by atomic mass is 16.5. The van der Waals surface area contributed by atoms with E-state index in [9.17, 15) is 15.0 Å². The normalized spacial score (nSPS) is 54.3. The van der Waals surface area contributed by atoms with E-state index in [0.29, 0.717) is 12.3 Å². The predicted molar refractivity (Wildman–Crippen MR) is 78.4 cm³/mol. The minimum atomic E-state index is -0.880. The molecular weight excluding hydrogens is 268 g/mol. The first-order chi connectivity index (χ1) is 9.48. The molecule has 7 unspecified atom stereocenters. The molecule has 4 nitrogen and oxygen atoms in total. The molecule has 0 aromatic rings. The lowest BCUT2D eigenvalue weighted by atomic mass is 9.73. The molecule has 3 aliphatic carbocycles. The van der Waals surface area contributed by atoms with Gasteiger partial charge in [-0.25, -0.2) is 0 Å². The van der Waals surface area contributed by atoms with Crippen molar-refractivity contribution >= 4 is 5.97 Å². The summed E-state index contributed by atoms with van der Waals surface area (Å²) < 4.78 is 5.55. The van der Waals surface area contributed by atoms with Gasteiger partial charge in [0.25, 0.3) is 0 Å². The second kappa shape index (κ2) is 4.23. The molecule has 7 atom stereocenters. The Bertz CT molecular complexity index is 465. The van der Waals surface area contributed by atoms with Gasteiger partial charge in [0.2, 0.25) is 0 Å². The van der Waals surface area contributed by atoms with E-state index >= 15 is 0 Å². The summed E-state index contributed by atoms with van der Waals surface area (Å²) in [6.45, 7) is 9.58. The Labute approximate surface area is 126 Å². The van der Waals surface area contributed by atoms with E-state index in [1.165, 1.54) is 6.92 Å². The molecule has 0 amide bonds. The highest BCUT2D eigenvalue weighted by Gasteiger charge is 2.73. The van der Waals surface area contributed by atoms with E-state index in [1.54, 1.807) is 0 Å². The smallest absolute Gasteiger partial charge is 0.302 e. The number of carbonyl (C=O) groups excluding carboxylic acids is 1. The third-order valence-corrected chi connectivity index (χ3v) is 6.63. The molecule has 3 saturated carbocycles. The van der Waals surface area contributed by atoms with Crippen LogP contribution in [0.15, 0.2) is 0 Å². The molecule has 0 aliphatic heterocycles. The first kappa shape index (κ1) is 15.3. The Kier molecular flexibility index (Phi) is 3.08. The van der Waals surface area contributed by atoms with E-state index in [4.69, 9.17) is 4.74 Å². The van der Waals surface area contributed by atoms with Gasteiger partial charge in [0.15, 0.2) is 0 Å². The van der Waals surface area contributed by atoms with Crippen LogP contribution in [0.4, 0.5) is 0 Å². The fourth-order valence-corrected chi connectivity index (χ4v) is 5.69. The number of fused-ring (bicyclic) bond motifs is 3. The fraction of sp³-hybridized carbons (Fsp3) is 0.941. The van der Waals surface area contributed by atoms with Crippen molar-refractivity contribution in [3.63, 3.8) is 0 Å². The Balaban J connectivity index is 1.99. The summed E-state index contributed by atoms with van der Waals surface area (Å²) in [6.07, 6.45) is 1.83. The maximum atomic E-state index is 11.4. The van der Waals surface area contributed by atoms with E-state index in [1.807, 2.05) is 13.8 Å². The lowest BCUT2D eigenvalue weighted by Gasteiger charge is -2.38. The third kappa shape index (κ3) is 2.14. The largest absolute Gasteiger partial charge is 0.462 e. The van der Waals surface area contributed by atoms with Gasteiger partial charge in [-0.2, -0.15) is 0 Å². The molecule has 4 heteroatoms. The lowest BCUT2D eigenvalue weighted by molar-refractivity contribution is -0.152. The highest BCUT2D eigenvalue weighted by molar-refractivity contribution is 5.66. The molecule has 0 aromatic heterocycles. The van der Waals surface area contributed by atoms with Crippen LogP contribution in [0.25, 0.3) is 0 Å². The Hall–Kier alpha value is -0.610. The monoisotopic (exact) mass is 296 g/mol. The molecule has 3 rings (SSSR count). The van der Waals surface area contributed by atoms with Gasteiger partial charge in [0.05, 0.1) is 11.2 Å². The van der Waals surface area contributed by atoms with Crippen LogP contribution in [-0.2, 0) is 9.53 Å². The van der Waals surface area contributed by atoms with E-state index < -0.39 is 11.2 Å². The molecule has 0 bridgehead atoms. The minimum absolute atomic E-state index is 0.0634. The van der Waals surface area contributed by atoms with Gasteiger partial charge in [-0.3, -0.25) is 4.79 Å². The Morgan fingerprint density at radius 1 is 1.05 bits per heavy atom. The fourth-order valence-electron chi connectivity index (χ4n) is 5.69. The average molecular weight is 296 g/mol. The topological polar surface area (TPSA) is 66.8 Å². The van der Waals surface area contributed by atoms with Crippen molar-refractivity contribution < 1.29 is 19.7 Å². The zero-order valence-corrected chi connectivity index (χ0v) is 13.7. The Morgan fingerprint density at radius 2 is 1.67 bits per heavy atom. The summed E-state index contributed by atoms with van der Waals surface area (Å²) in [6, 6.07) is 0. The van der Waals surface area contributed by atoms with E-state index in [2.05, 4.69) is 13.8 Å². The number of hydrogen-bond donors (Lipinski definition) is 2. The van der Waals surface area contributed by atoms with Crippen LogP contribution in [0.5, 0.6) is 0 Å². The van der Waals surface area contributed by atoms with Gasteiger partial charge in [0.1, 0.15) is 6.10 Å². The third-order valence-electron chi connectivity index (χ3n) is 6.63. The van der Waals surface area contributed by atoms with Crippen molar-refractivity contribution in [3.05, 3.63) is 0 Å². The molecular formula is C17H28O4. The lowest BCUT2D eigenvalue weighted by Crippen LogP contribution is -2.44. The van der Waals surface area contributed by atoms with Crippen LogP contribution in [0, 0.1) is 29.1 Å². The average Bonchev–Trinajstić information content (AvgIpc) is 2.71. The van der Waals surface area contributed by atoms with Crippen molar-refractivity contribution in [2.75, 3.05) is 0 Å². The van der Waals surface area contributed by atoms with Crippen LogP contribution in [0.3, 0.4) is 0 Å². The molecule has 120 valence electrons. The van der Waals surface area contributed by atoms with Crippen LogP contribution in [0.2, 0.25) is 0 Å². The predicted octanol–water partition coefficient (Wildman–Crippen LogP) is 2.12. The molecule has 0 aromatic carbocycles. The molecule has 21 heavy (non-hydrogen) atoms. The standard InChI is InChI=1S/C17H28O4/c1-9(18)21-11-8-17(5,20)10-6-7-16(4,19)12(10)14-13(11)15(14,2)3/h10-14,19-20H,6-8H2,1-5H3. The van der Waals surface area contributed by atoms with Crippen LogP contribution < -0.4 is 0 Å². The summed E-state index contributed by atoms with van der Waals surface area (Å²) in [5.41, 5.74) is -1.54. The van der Waals surface area contributed by atoms with Gasteiger partial charge in [-0.05, 0) is 49.9 Å². The van der Waals surface area contributed by atoms with Crippen LogP contribution in [0.1, 0.15) is 53.9 Å². The maximum Gasteiger partial charge on any atom is 0.302 e. The second-order valence-electron chi connectivity index (χ2n) is 8.61. The SMILES string of the molecule is CC(=O)OC1CC(C)(O)C2CCC(C)(O)C2C2C1C2(C)C. The minimum Gasteiger partial charge on any atom is -0.462 e. The number of carbonyl (C=O) groups is 1. The molecule has 0 heterocycles. The highest BCUT2D eigenvalue weighted by Crippen LogP contribution is 2.72. The van der Waals surface area contributed by atoms with Crippen molar-refractivity contribution in [1.82, 2.24) is 0 Å². The van der Waals surface area contributed by atoms with Crippen molar-refractivity contribution in [3.8, 4) is 0 Å². The number of ether oxygens (including phenoxy) is 1. The first-order valence-corrected chi connectivity index (χ1v) is 8.10. The number of aliphatic hydroxyl groups is 2. The second-order valence-corrected chi connectivity index (χ2v) is 8.61. The van der Waals surface area contributed by atoms with Gasteiger partial charge in [-0.1, -0.05) is 13.8 Å². The van der Waals surface area contributed by atoms with Crippen LogP contribution in [-0.4, -0.2) is 33.5 Å². The van der Waals surface area contributed by atoms with Crippen molar-refractivity contribution in [1.29, 1.82) is 0 Å². The molecule has 0 radical (unpaired) electrons. The maximum absolute atomic E-state index is 11.4. The first-order valence-electron chi connectivity index (χ1n) is 8.10. The van der Waals surface area contributed by atoms with Crippen molar-refractivity contribution in [2.45, 2.75) is 71.2 Å². The number of hydrogen-bond acceptors (Lipinski definition) is 4. The van der Waals surface area contributed by atoms with Crippen molar-refractivity contribution in [2.24, 2.45) is 29.1 Å². The zero-order chi connectivity index (χ0) is 15.8. The van der Waals surface area contributed by atoms with E-state index in [0.717, 1.165) is 12.8 Å². The Morgan fingerprint density at radius 3 is 2.24 bits per heavy atom. The molecule has 3 aliphatic rings. The molecule has 0 saturated heterocycles. The summed E-state index contributed by atoms with van der Waals surface area (Å²) >= 11 is 0. The van der Waals surface area contributed by atoms with E-state index in [-0.39, 0.29) is 35.2 Å². The van der Waals surface area contributed by atoms with Gasteiger partial charge >= 0.3 is 5.97 Å². The van der Waals surface area contributed by atoms with Gasteiger partial charge < -0.3 is 14.9 Å². The quantitative estimate of drug-likeness (QED) is 0.727. The van der Waals surface area contributed by atoms with Crippen LogP contribution >= 0.6 is 0 Å². The zero-order valence-electron chi connectivity index (χ0n) is 13.7. The summed E-state index contributed by atoms with van der Waals surface area (Å²) in [7, 11) is 0. The molecule has 3 fully saturated rings. The molecule has 0 spiro atoms. The summed E-state index contributed by atoms with van der Waals surface area (Å²) in [4.78, 5) is 11.4.